The second kappa shape index (κ2) is 12.4. The molecule has 0 fully saturated rings. The summed E-state index contributed by atoms with van der Waals surface area (Å²) in [4.78, 5) is 0. The molecule has 0 aliphatic carbocycles. The summed E-state index contributed by atoms with van der Waals surface area (Å²) >= 11 is 0. The maximum Gasteiger partial charge on any atom is 0.139 e. The molecule has 0 aliphatic heterocycles. The van der Waals surface area contributed by atoms with Crippen LogP contribution in [0.1, 0.15) is 11.1 Å². The van der Waals surface area contributed by atoms with Crippen molar-refractivity contribution in [2.45, 2.75) is 6.32 Å². The summed E-state index contributed by atoms with van der Waals surface area (Å²) in [5, 5.41) is 2.68. The highest BCUT2D eigenvalue weighted by molar-refractivity contribution is 6.72. The Bertz CT molecular complexity index is 1960. The average molecular weight is 545 g/mol. The van der Waals surface area contributed by atoms with Crippen LogP contribution in [0.3, 0.4) is 0 Å². The second-order valence-electron chi connectivity index (χ2n) is 13.7. The fraction of sp³-hybridized carbons (Fsp3) is 0.0370. The van der Waals surface area contributed by atoms with Crippen molar-refractivity contribution in [3.8, 4) is 34.6 Å². The fourth-order valence-electron chi connectivity index (χ4n) is 7.69. The van der Waals surface area contributed by atoms with E-state index < -0.39 is 0 Å². The molecule has 0 bridgehead atoms. The number of terminal acetylenes is 1. The van der Waals surface area contributed by atoms with Crippen molar-refractivity contribution in [2.75, 3.05) is 0 Å². The van der Waals surface area contributed by atoms with Gasteiger partial charge in [0.05, 0.1) is 0 Å². The Morgan fingerprint density at radius 3 is 1.07 bits per heavy atom. The zero-order valence-corrected chi connectivity index (χ0v) is 30.8. The molecule has 0 saturated carbocycles. The smallest absolute Gasteiger partial charge is 0.123 e. The minimum atomic E-state index is 0.984. The third kappa shape index (κ3) is 4.90. The van der Waals surface area contributed by atoms with E-state index >= 15 is 0 Å². The van der Waals surface area contributed by atoms with E-state index in [-0.39, 0.29) is 0 Å². The van der Waals surface area contributed by atoms with Gasteiger partial charge in [-0.05, 0) is 33.0 Å². The molecule has 0 radical (unpaired) electrons. The molecule has 4 rings (SSSR count). The van der Waals surface area contributed by atoms with E-state index in [0.29, 0.717) is 0 Å². The predicted molar refractivity (Wildman–Crippen MR) is 255 cm³/mol. The highest BCUT2D eigenvalue weighted by Gasteiger charge is 2.29. The van der Waals surface area contributed by atoms with E-state index in [1.165, 1.54) is 126 Å². The topological polar surface area (TPSA) is 0 Å². The van der Waals surface area contributed by atoms with Crippen molar-refractivity contribution in [1.29, 1.82) is 0 Å². The van der Waals surface area contributed by atoms with E-state index in [2.05, 4.69) is 139 Å². The van der Waals surface area contributed by atoms with Crippen molar-refractivity contribution in [1.82, 2.24) is 0 Å². The van der Waals surface area contributed by atoms with Gasteiger partial charge in [0.15, 0.2) is 0 Å². The summed E-state index contributed by atoms with van der Waals surface area (Å²) in [6.45, 7) is 0. The molecule has 196 valence electrons. The molecule has 0 N–H and O–H groups in total. The van der Waals surface area contributed by atoms with Gasteiger partial charge in [-0.25, -0.2) is 0 Å². The monoisotopic (exact) mass is 548 g/mol. The molecule has 0 saturated heterocycles. The number of hydrogen-bond acceptors (Lipinski definition) is 0. The summed E-state index contributed by atoms with van der Waals surface area (Å²) in [6.07, 6.45) is 7.74. The number of benzene rings is 4. The lowest BCUT2D eigenvalue weighted by atomic mass is 9.55. The Labute approximate surface area is 282 Å². The van der Waals surface area contributed by atoms with Crippen LogP contribution in [-0.4, -0.2) is 133 Å². The van der Waals surface area contributed by atoms with Gasteiger partial charge >= 0.3 is 0 Å². The summed E-state index contributed by atoms with van der Waals surface area (Å²) in [6, 6.07) is 0. The summed E-state index contributed by atoms with van der Waals surface area (Å²) in [5.41, 5.74) is 29.2. The van der Waals surface area contributed by atoms with Crippen molar-refractivity contribution >= 4 is 226 Å². The number of hydrogen-bond donors (Lipinski definition) is 0. The van der Waals surface area contributed by atoms with Crippen LogP contribution >= 0.6 is 0 Å². The minimum absolute atomic E-state index is 0.984. The lowest BCUT2D eigenvalue weighted by molar-refractivity contribution is 1.59. The standard InChI is InChI=1S/C27H37B17/c1-2-4-6(11-16(33)22(39)26(43)23(40)17(11)34)9-10(15(32)21(38)20(37)14(9)31)8(7(4)13(30)5(29)3-28)12-18(35)24(41)27(44)25(42)19(12)36/h1H,3,28-44H2/b13-5-. The van der Waals surface area contributed by atoms with Gasteiger partial charge in [0.2, 0.25) is 0 Å². The largest absolute Gasteiger partial charge is 0.139 e. The highest BCUT2D eigenvalue weighted by Crippen LogP contribution is 2.41. The Morgan fingerprint density at radius 2 is 0.727 bits per heavy atom. The SMILES string of the molecule is BC/C(B)=C(/B)c1c(C#C)c(-c2c(B)c(B)c(B)c(B)c2B)c2c(B)c(B)c(B)c(B)c2c1-c1c(B)c(B)c(B)c(B)c1B. The van der Waals surface area contributed by atoms with E-state index in [0.717, 1.165) is 11.9 Å². The first-order valence-electron chi connectivity index (χ1n) is 16.3. The molecule has 0 atom stereocenters. The molecule has 0 aromatic heterocycles. The van der Waals surface area contributed by atoms with E-state index in [1.807, 2.05) is 0 Å². The molecule has 0 heterocycles. The van der Waals surface area contributed by atoms with Crippen molar-refractivity contribution in [2.24, 2.45) is 0 Å². The average Bonchev–Trinajstić information content (AvgIpc) is 3.01. The minimum Gasteiger partial charge on any atom is -0.123 e. The first-order chi connectivity index (χ1) is 20.5. The van der Waals surface area contributed by atoms with Crippen LogP contribution in [0, 0.1) is 12.3 Å². The summed E-state index contributed by atoms with van der Waals surface area (Å²) in [5.74, 6) is 3.36. The van der Waals surface area contributed by atoms with Gasteiger partial charge in [0, 0.05) is 11.1 Å². The van der Waals surface area contributed by atoms with Gasteiger partial charge in [-0.1, -0.05) is 50.5 Å². The summed E-state index contributed by atoms with van der Waals surface area (Å²) in [7, 11) is 39.0. The van der Waals surface area contributed by atoms with Crippen LogP contribution in [0.4, 0.5) is 0 Å². The number of allylic oxidation sites excluding steroid dienone is 1. The zero-order valence-electron chi connectivity index (χ0n) is 30.8. The van der Waals surface area contributed by atoms with E-state index in [1.54, 1.807) is 0 Å². The van der Waals surface area contributed by atoms with Crippen LogP contribution in [0.25, 0.3) is 38.5 Å². The molecule has 4 aromatic rings. The Hall–Kier alpha value is -2.46. The number of rotatable bonds is 4. The first-order valence-corrected chi connectivity index (χ1v) is 16.3. The molecule has 0 aliphatic rings. The quantitative estimate of drug-likeness (QED) is 0.177. The van der Waals surface area contributed by atoms with Crippen LogP contribution in [0.15, 0.2) is 5.47 Å². The first kappa shape index (κ1) is 34.4. The molecular formula is C27H37B17. The molecule has 0 amide bonds. The van der Waals surface area contributed by atoms with Gasteiger partial charge in [-0.15, -0.1) is 55.6 Å². The van der Waals surface area contributed by atoms with Crippen LogP contribution < -0.4 is 76.5 Å². The lowest BCUT2D eigenvalue weighted by Crippen LogP contribution is -2.56. The lowest BCUT2D eigenvalue weighted by Gasteiger charge is -2.32. The molecule has 0 unspecified atom stereocenters. The van der Waals surface area contributed by atoms with Gasteiger partial charge in [-0.3, -0.25) is 0 Å². The predicted octanol–water partition coefficient (Wildman–Crippen LogP) is -20.2. The van der Waals surface area contributed by atoms with Crippen molar-refractivity contribution in [3.63, 3.8) is 0 Å². The Balaban J connectivity index is 2.61. The molecule has 0 spiro atoms. The van der Waals surface area contributed by atoms with Crippen LogP contribution in [0.2, 0.25) is 6.32 Å². The Morgan fingerprint density at radius 1 is 0.432 bits per heavy atom. The Kier molecular flexibility index (Phi) is 9.69. The highest BCUT2D eigenvalue weighted by atomic mass is 14.3. The van der Waals surface area contributed by atoms with E-state index in [4.69, 9.17) is 6.42 Å². The molecule has 0 nitrogen and oxygen atoms in total. The summed E-state index contributed by atoms with van der Waals surface area (Å²) < 4.78 is 0. The van der Waals surface area contributed by atoms with Crippen molar-refractivity contribution in [3.05, 3.63) is 16.6 Å². The third-order valence-electron chi connectivity index (χ3n) is 12.1. The maximum atomic E-state index is 6.76. The zero-order chi connectivity index (χ0) is 33.3. The van der Waals surface area contributed by atoms with Gasteiger partial charge in [0.25, 0.3) is 0 Å². The van der Waals surface area contributed by atoms with Crippen LogP contribution in [-0.2, 0) is 0 Å². The fourth-order valence-corrected chi connectivity index (χ4v) is 7.69. The van der Waals surface area contributed by atoms with Gasteiger partial charge in [-0.2, -0.15) is 0 Å². The molecule has 4 aromatic carbocycles. The maximum absolute atomic E-state index is 6.76. The second-order valence-corrected chi connectivity index (χ2v) is 13.7. The van der Waals surface area contributed by atoms with Crippen molar-refractivity contribution < 1.29 is 0 Å². The molecule has 17 heteroatoms. The van der Waals surface area contributed by atoms with Gasteiger partial charge in [0.1, 0.15) is 133 Å². The molecule has 44 heavy (non-hydrogen) atoms. The normalized spacial score (nSPS) is 11.8. The van der Waals surface area contributed by atoms with Gasteiger partial charge < -0.3 is 0 Å². The third-order valence-corrected chi connectivity index (χ3v) is 12.1. The van der Waals surface area contributed by atoms with E-state index in [9.17, 15) is 0 Å². The number of fused-ring (bicyclic) bond motifs is 1. The van der Waals surface area contributed by atoms with Crippen LogP contribution in [0.5, 0.6) is 0 Å². The molecular weight excluding hydrogens is 508 g/mol.